The van der Waals surface area contributed by atoms with E-state index in [1.807, 2.05) is 0 Å². The van der Waals surface area contributed by atoms with Gasteiger partial charge in [-0.05, 0) is 27.4 Å². The molecule has 0 heterocycles. The van der Waals surface area contributed by atoms with Crippen molar-refractivity contribution in [2.75, 3.05) is 0 Å². The number of hydrogen-bond donors (Lipinski definition) is 0. The molecule has 6 heteroatoms. The smallest absolute Gasteiger partial charge is 0 e. The first-order valence-electron chi connectivity index (χ1n) is 7.11. The quantitative estimate of drug-likeness (QED) is 0.180. The van der Waals surface area contributed by atoms with Crippen molar-refractivity contribution < 1.29 is 35.7 Å². The Morgan fingerprint density at radius 1 is 0.600 bits per heavy atom. The fourth-order valence-electron chi connectivity index (χ4n) is 2.98. The summed E-state index contributed by atoms with van der Waals surface area (Å²) in [6.07, 6.45) is 0. The first-order chi connectivity index (χ1) is 10.7. The molecule has 4 nitrogen and oxygen atoms in total. The Balaban J connectivity index is -0.000000130. The maximum atomic E-state index is 7.50. The molecule has 0 N–H and O–H groups in total. The third kappa shape index (κ3) is 9.23. The first-order valence-corrected chi connectivity index (χ1v) is 7.68. The summed E-state index contributed by atoms with van der Waals surface area (Å²) in [7, 11) is 3.15. The van der Waals surface area contributed by atoms with Crippen molar-refractivity contribution in [3.63, 3.8) is 0 Å². The molecule has 0 spiro atoms. The third-order valence-corrected chi connectivity index (χ3v) is 5.10. The molecule has 0 saturated carbocycles. The first kappa shape index (κ1) is 35.7. The molecule has 1 unspecified atom stereocenters. The largest absolute Gasteiger partial charge is 0 e. The molecule has 1 aliphatic carbocycles. The summed E-state index contributed by atoms with van der Waals surface area (Å²) in [4.78, 5) is 0. The Hall–Kier alpha value is -0.351. The minimum absolute atomic E-state index is 0. The van der Waals surface area contributed by atoms with Crippen LogP contribution in [0, 0.1) is 42.8 Å². The predicted octanol–water partition coefficient (Wildman–Crippen LogP) is 4.90. The summed E-state index contributed by atoms with van der Waals surface area (Å²) >= 11 is 0. The number of rotatable bonds is 0. The molecule has 0 saturated heterocycles. The summed E-state index contributed by atoms with van der Waals surface area (Å²) < 4.78 is 30.0. The van der Waals surface area contributed by atoms with Crippen molar-refractivity contribution in [2.45, 2.75) is 67.5 Å². The van der Waals surface area contributed by atoms with Crippen LogP contribution in [-0.4, -0.2) is 5.16 Å². The second-order valence-electron chi connectivity index (χ2n) is 8.31. The predicted molar refractivity (Wildman–Crippen MR) is 93.6 cm³/mol. The van der Waals surface area contributed by atoms with E-state index in [-0.39, 0.29) is 33.1 Å². The van der Waals surface area contributed by atoms with Gasteiger partial charge in [-0.25, -0.2) is 0 Å². The molecule has 0 amide bonds. The Bertz CT molecular complexity index is 444. The molecule has 0 bridgehead atoms. The van der Waals surface area contributed by atoms with Crippen LogP contribution in [0.3, 0.4) is 0 Å². The van der Waals surface area contributed by atoms with E-state index in [0.717, 1.165) is 0 Å². The number of allylic oxidation sites excluding steroid dienone is 2. The van der Waals surface area contributed by atoms with Gasteiger partial charge in [0.2, 0.25) is 0 Å². The van der Waals surface area contributed by atoms with Gasteiger partial charge in [-0.2, -0.15) is 0 Å². The zero-order valence-corrected chi connectivity index (χ0v) is 18.8. The number of hydrogen-bond acceptors (Lipinski definition) is 0. The second kappa shape index (κ2) is 13.8. The monoisotopic (exact) mass is 408 g/mol. The van der Waals surface area contributed by atoms with Crippen molar-refractivity contribution in [2.24, 2.45) is 16.2 Å². The molecule has 1 rings (SSSR count). The maximum absolute atomic E-state index is 7.50. The molecule has 0 aliphatic heterocycles. The molecule has 142 valence electrons. The van der Waals surface area contributed by atoms with Crippen LogP contribution in [0.4, 0.5) is 0 Å². The SMILES string of the molecule is CC(C)(C)C1=C(C(C)(C)C)C1(P)C(C)(C)C.[C-]#[O+].[C-]#[O+].[C-]#[O+].[C-]#[O+].[Fe]. The van der Waals surface area contributed by atoms with Crippen LogP contribution < -0.4 is 0 Å². The van der Waals surface area contributed by atoms with Gasteiger partial charge in [0, 0.05) is 22.2 Å². The fourth-order valence-corrected chi connectivity index (χ4v) is 4.06. The van der Waals surface area contributed by atoms with Crippen LogP contribution in [0.2, 0.25) is 0 Å². The van der Waals surface area contributed by atoms with Gasteiger partial charge in [-0.3, -0.25) is 0 Å². The molecule has 0 aromatic rings. The molecule has 1 atom stereocenters. The van der Waals surface area contributed by atoms with E-state index in [4.69, 9.17) is 18.6 Å². The molecular weight excluding hydrogens is 379 g/mol. The maximum Gasteiger partial charge on any atom is 0 e. The van der Waals surface area contributed by atoms with Gasteiger partial charge < -0.3 is 0 Å². The normalized spacial score (nSPS) is 14.0. The van der Waals surface area contributed by atoms with Gasteiger partial charge in [0.25, 0.3) is 0 Å². The van der Waals surface area contributed by atoms with E-state index in [1.165, 1.54) is 0 Å². The third-order valence-electron chi connectivity index (χ3n) is 3.66. The van der Waals surface area contributed by atoms with Crippen molar-refractivity contribution in [1.82, 2.24) is 0 Å². The van der Waals surface area contributed by atoms with Crippen LogP contribution in [-0.2, 0) is 35.7 Å². The molecule has 0 aromatic carbocycles. The van der Waals surface area contributed by atoms with Crippen molar-refractivity contribution in [3.05, 3.63) is 37.7 Å². The van der Waals surface area contributed by atoms with Gasteiger partial charge in [0.1, 0.15) is 0 Å². The van der Waals surface area contributed by atoms with E-state index in [9.17, 15) is 0 Å². The Labute approximate surface area is 166 Å². The van der Waals surface area contributed by atoms with Gasteiger partial charge in [0.05, 0.1) is 0 Å². The average Bonchev–Trinajstić information content (AvgIpc) is 3.16. The van der Waals surface area contributed by atoms with Gasteiger partial charge in [-0.15, -0.1) is 9.24 Å². The summed E-state index contributed by atoms with van der Waals surface area (Å²) in [6.45, 7) is 39.1. The molecule has 0 radical (unpaired) electrons. The molecule has 1 aliphatic rings. The molecular formula is C19H29FeO4P. The standard InChI is InChI=1S/C15H29P.4CO.Fe/c1-12(2,3)10-11(13(4,5)6)15(10,16)14(7,8)9;4*1-2;/h16H2,1-9H3;;;;;. The minimum atomic E-state index is 0. The Morgan fingerprint density at radius 2 is 0.760 bits per heavy atom. The summed E-state index contributed by atoms with van der Waals surface area (Å²) in [6, 6.07) is 0. The van der Waals surface area contributed by atoms with Crippen LogP contribution in [0.15, 0.2) is 11.1 Å². The van der Waals surface area contributed by atoms with Gasteiger partial charge in [-0.1, -0.05) is 62.3 Å². The minimum Gasteiger partial charge on any atom is 0 e. The van der Waals surface area contributed by atoms with Crippen molar-refractivity contribution in [1.29, 1.82) is 0 Å². The van der Waals surface area contributed by atoms with Crippen molar-refractivity contribution >= 4 is 9.24 Å². The van der Waals surface area contributed by atoms with Gasteiger partial charge in [0.15, 0.2) is 0 Å². The molecule has 25 heavy (non-hydrogen) atoms. The van der Waals surface area contributed by atoms with E-state index < -0.39 is 0 Å². The average molecular weight is 408 g/mol. The van der Waals surface area contributed by atoms with E-state index in [0.29, 0.717) is 5.41 Å². The van der Waals surface area contributed by atoms with E-state index >= 15 is 0 Å². The zero-order chi connectivity index (χ0) is 21.2. The van der Waals surface area contributed by atoms with E-state index in [2.05, 4.69) is 98.2 Å². The van der Waals surface area contributed by atoms with Crippen molar-refractivity contribution in [3.8, 4) is 0 Å². The van der Waals surface area contributed by atoms with Gasteiger partial charge >= 0.3 is 45.2 Å². The Kier molecular flexibility index (Phi) is 19.7. The van der Waals surface area contributed by atoms with Crippen LogP contribution in [0.1, 0.15) is 62.3 Å². The van der Waals surface area contributed by atoms with Crippen LogP contribution >= 0.6 is 9.24 Å². The summed E-state index contributed by atoms with van der Waals surface area (Å²) in [5.41, 5.74) is 4.19. The molecule has 0 fully saturated rings. The summed E-state index contributed by atoms with van der Waals surface area (Å²) in [5.74, 6) is 0. The second-order valence-corrected chi connectivity index (χ2v) is 9.17. The Morgan fingerprint density at radius 3 is 0.800 bits per heavy atom. The zero-order valence-electron chi connectivity index (χ0n) is 16.6. The topological polar surface area (TPSA) is 79.6 Å². The molecule has 0 aromatic heterocycles. The summed E-state index contributed by atoms with van der Waals surface area (Å²) in [5, 5.41) is 0.240. The fraction of sp³-hybridized carbons (Fsp3) is 0.684. The van der Waals surface area contributed by atoms with Crippen LogP contribution in [0.5, 0.6) is 0 Å². The van der Waals surface area contributed by atoms with Crippen LogP contribution in [0.25, 0.3) is 0 Å². The van der Waals surface area contributed by atoms with E-state index in [1.54, 1.807) is 11.1 Å².